The summed E-state index contributed by atoms with van der Waals surface area (Å²) in [6.45, 7) is 8.81. The molecule has 1 aliphatic rings. The molecule has 0 radical (unpaired) electrons. The average molecular weight is 152 g/mol. The lowest BCUT2D eigenvalue weighted by molar-refractivity contribution is 0.329. The van der Waals surface area contributed by atoms with Crippen molar-refractivity contribution >= 4 is 0 Å². The van der Waals surface area contributed by atoms with E-state index in [2.05, 4.69) is 20.4 Å². The van der Waals surface area contributed by atoms with Crippen molar-refractivity contribution < 1.29 is 0 Å². The minimum Gasteiger partial charge on any atom is -0.0996 e. The van der Waals surface area contributed by atoms with Crippen molar-refractivity contribution in [2.75, 3.05) is 0 Å². The highest BCUT2D eigenvalue weighted by atomic mass is 14.3. The molecule has 0 aromatic carbocycles. The minimum absolute atomic E-state index is 0.841. The van der Waals surface area contributed by atoms with E-state index in [0.717, 1.165) is 11.8 Å². The van der Waals surface area contributed by atoms with Gasteiger partial charge in [-0.05, 0) is 31.1 Å². The summed E-state index contributed by atoms with van der Waals surface area (Å²) in [4.78, 5) is 0. The Balaban J connectivity index is 2.47. The molecule has 0 aromatic heterocycles. The van der Waals surface area contributed by atoms with Crippen LogP contribution in [0.1, 0.15) is 46.0 Å². The molecule has 1 aliphatic carbocycles. The van der Waals surface area contributed by atoms with Gasteiger partial charge in [0.1, 0.15) is 0 Å². The van der Waals surface area contributed by atoms with Crippen LogP contribution in [0.25, 0.3) is 0 Å². The van der Waals surface area contributed by atoms with E-state index in [9.17, 15) is 0 Å². The van der Waals surface area contributed by atoms with Crippen molar-refractivity contribution in [2.24, 2.45) is 11.8 Å². The van der Waals surface area contributed by atoms with Crippen molar-refractivity contribution in [3.8, 4) is 0 Å². The topological polar surface area (TPSA) is 0 Å². The number of allylic oxidation sites excluding steroid dienone is 1. The molecule has 0 heterocycles. The number of hydrogen-bond acceptors (Lipinski definition) is 0. The first-order valence-corrected chi connectivity index (χ1v) is 4.93. The third kappa shape index (κ3) is 2.08. The van der Waals surface area contributed by atoms with Gasteiger partial charge in [0.15, 0.2) is 0 Å². The second-order valence-electron chi connectivity index (χ2n) is 3.90. The van der Waals surface area contributed by atoms with E-state index in [-0.39, 0.29) is 0 Å². The van der Waals surface area contributed by atoms with Gasteiger partial charge in [-0.2, -0.15) is 0 Å². The highest BCUT2D eigenvalue weighted by Gasteiger charge is 2.21. The Hall–Kier alpha value is -0.260. The van der Waals surface area contributed by atoms with Gasteiger partial charge in [0.05, 0.1) is 0 Å². The monoisotopic (exact) mass is 152 g/mol. The van der Waals surface area contributed by atoms with E-state index < -0.39 is 0 Å². The van der Waals surface area contributed by atoms with Crippen LogP contribution in [-0.4, -0.2) is 0 Å². The Morgan fingerprint density at radius 1 is 1.55 bits per heavy atom. The standard InChI is InChI=1S/C11H20/c1-4-9(2)11-8-6-5-7-10(11)3/h9,11H,3-8H2,1-2H3. The Morgan fingerprint density at radius 2 is 2.27 bits per heavy atom. The van der Waals surface area contributed by atoms with E-state index in [4.69, 9.17) is 0 Å². The summed E-state index contributed by atoms with van der Waals surface area (Å²) in [5.41, 5.74) is 1.52. The quantitative estimate of drug-likeness (QED) is 0.528. The van der Waals surface area contributed by atoms with Crippen LogP contribution in [0.2, 0.25) is 0 Å². The van der Waals surface area contributed by atoms with Gasteiger partial charge in [0.25, 0.3) is 0 Å². The molecule has 1 rings (SSSR count). The van der Waals surface area contributed by atoms with Crippen LogP contribution in [0.3, 0.4) is 0 Å². The van der Waals surface area contributed by atoms with E-state index in [1.807, 2.05) is 0 Å². The Bertz CT molecular complexity index is 135. The molecule has 0 aliphatic heterocycles. The lowest BCUT2D eigenvalue weighted by Gasteiger charge is -2.29. The molecule has 0 aromatic rings. The molecule has 0 heteroatoms. The van der Waals surface area contributed by atoms with E-state index in [1.54, 1.807) is 0 Å². The van der Waals surface area contributed by atoms with Crippen LogP contribution >= 0.6 is 0 Å². The van der Waals surface area contributed by atoms with Gasteiger partial charge in [-0.15, -0.1) is 0 Å². The first-order chi connectivity index (χ1) is 5.25. The summed E-state index contributed by atoms with van der Waals surface area (Å²) in [6, 6.07) is 0. The fourth-order valence-corrected chi connectivity index (χ4v) is 2.08. The molecule has 2 unspecified atom stereocenters. The summed E-state index contributed by atoms with van der Waals surface area (Å²) in [5, 5.41) is 0. The van der Waals surface area contributed by atoms with Crippen LogP contribution in [0.4, 0.5) is 0 Å². The van der Waals surface area contributed by atoms with E-state index in [0.29, 0.717) is 0 Å². The van der Waals surface area contributed by atoms with Crippen LogP contribution in [-0.2, 0) is 0 Å². The molecule has 0 amide bonds. The maximum absolute atomic E-state index is 4.16. The van der Waals surface area contributed by atoms with Crippen molar-refractivity contribution in [1.29, 1.82) is 0 Å². The zero-order valence-electron chi connectivity index (χ0n) is 7.90. The van der Waals surface area contributed by atoms with Gasteiger partial charge < -0.3 is 0 Å². The smallest absolute Gasteiger partial charge is 0.0180 e. The SMILES string of the molecule is C=C1CCCCC1C(C)CC. The molecule has 64 valence electrons. The Kier molecular flexibility index (Phi) is 3.16. The summed E-state index contributed by atoms with van der Waals surface area (Å²) < 4.78 is 0. The molecule has 0 saturated heterocycles. The van der Waals surface area contributed by atoms with Crippen molar-refractivity contribution in [1.82, 2.24) is 0 Å². The van der Waals surface area contributed by atoms with Gasteiger partial charge in [-0.3, -0.25) is 0 Å². The third-order valence-corrected chi connectivity index (χ3v) is 3.12. The van der Waals surface area contributed by atoms with Gasteiger partial charge in [0.2, 0.25) is 0 Å². The van der Waals surface area contributed by atoms with Gasteiger partial charge >= 0.3 is 0 Å². The average Bonchev–Trinajstić information content (AvgIpc) is 2.04. The highest BCUT2D eigenvalue weighted by Crippen LogP contribution is 2.34. The molecular formula is C11H20. The first kappa shape index (κ1) is 8.83. The second-order valence-corrected chi connectivity index (χ2v) is 3.90. The van der Waals surface area contributed by atoms with Gasteiger partial charge in [-0.25, -0.2) is 0 Å². The van der Waals surface area contributed by atoms with Crippen LogP contribution in [0, 0.1) is 11.8 Å². The Morgan fingerprint density at radius 3 is 2.82 bits per heavy atom. The van der Waals surface area contributed by atoms with E-state index in [1.165, 1.54) is 37.7 Å². The largest absolute Gasteiger partial charge is 0.0996 e. The minimum atomic E-state index is 0.841. The summed E-state index contributed by atoms with van der Waals surface area (Å²) in [6.07, 6.45) is 6.80. The fourth-order valence-electron chi connectivity index (χ4n) is 2.08. The second kappa shape index (κ2) is 3.94. The maximum Gasteiger partial charge on any atom is -0.0180 e. The molecule has 1 fully saturated rings. The van der Waals surface area contributed by atoms with Crippen LogP contribution in [0.15, 0.2) is 12.2 Å². The zero-order valence-corrected chi connectivity index (χ0v) is 7.90. The summed E-state index contributed by atoms with van der Waals surface area (Å²) in [7, 11) is 0. The predicted molar refractivity (Wildman–Crippen MR) is 50.6 cm³/mol. The lowest BCUT2D eigenvalue weighted by Crippen LogP contribution is -2.16. The molecule has 0 N–H and O–H groups in total. The van der Waals surface area contributed by atoms with Gasteiger partial charge in [0, 0.05) is 0 Å². The van der Waals surface area contributed by atoms with Crippen molar-refractivity contribution in [3.05, 3.63) is 12.2 Å². The first-order valence-electron chi connectivity index (χ1n) is 4.93. The molecule has 2 atom stereocenters. The fraction of sp³-hybridized carbons (Fsp3) is 0.818. The molecule has 1 saturated carbocycles. The number of rotatable bonds is 2. The zero-order chi connectivity index (χ0) is 8.27. The van der Waals surface area contributed by atoms with Crippen molar-refractivity contribution in [2.45, 2.75) is 46.0 Å². The predicted octanol–water partition coefficient (Wildman–Crippen LogP) is 3.78. The molecule has 0 bridgehead atoms. The molecule has 0 spiro atoms. The molecule has 0 nitrogen and oxygen atoms in total. The van der Waals surface area contributed by atoms with Crippen LogP contribution in [0.5, 0.6) is 0 Å². The van der Waals surface area contributed by atoms with Crippen molar-refractivity contribution in [3.63, 3.8) is 0 Å². The highest BCUT2D eigenvalue weighted by molar-refractivity contribution is 5.04. The third-order valence-electron chi connectivity index (χ3n) is 3.12. The van der Waals surface area contributed by atoms with Gasteiger partial charge in [-0.1, -0.05) is 38.8 Å². The Labute approximate surface area is 70.7 Å². The molecule has 11 heavy (non-hydrogen) atoms. The molecular weight excluding hydrogens is 132 g/mol. The summed E-state index contributed by atoms with van der Waals surface area (Å²) in [5.74, 6) is 1.71. The normalized spacial score (nSPS) is 28.5. The summed E-state index contributed by atoms with van der Waals surface area (Å²) >= 11 is 0. The maximum atomic E-state index is 4.16. The number of hydrogen-bond donors (Lipinski definition) is 0. The van der Waals surface area contributed by atoms with Crippen LogP contribution < -0.4 is 0 Å². The van der Waals surface area contributed by atoms with E-state index >= 15 is 0 Å². The lowest BCUT2D eigenvalue weighted by atomic mass is 9.77.